The second kappa shape index (κ2) is 8.89. The number of ether oxygens (including phenoxy) is 1. The molecule has 4 rings (SSSR count). The van der Waals surface area contributed by atoms with Gasteiger partial charge in [-0.15, -0.1) is 0 Å². The quantitative estimate of drug-likeness (QED) is 0.310. The van der Waals surface area contributed by atoms with Gasteiger partial charge in [0, 0.05) is 16.3 Å². The van der Waals surface area contributed by atoms with E-state index in [-0.39, 0.29) is 11.3 Å². The number of carbonyl (C=O) groups is 2. The number of aliphatic hydroxyl groups excluding tert-OH is 1. The number of nitrogens with zero attached hydrogens (tertiary/aromatic N) is 1. The van der Waals surface area contributed by atoms with Crippen molar-refractivity contribution in [1.29, 1.82) is 0 Å². The molecule has 0 saturated carbocycles. The molecule has 5 nitrogen and oxygen atoms in total. The molecule has 0 radical (unpaired) electrons. The second-order valence-corrected chi connectivity index (χ2v) is 7.88. The van der Waals surface area contributed by atoms with E-state index in [1.807, 2.05) is 19.9 Å². The molecule has 1 aliphatic rings. The Morgan fingerprint density at radius 3 is 2.34 bits per heavy atom. The smallest absolute Gasteiger partial charge is 0.300 e. The van der Waals surface area contributed by atoms with E-state index >= 15 is 0 Å². The van der Waals surface area contributed by atoms with Gasteiger partial charge in [-0.05, 0) is 49.2 Å². The van der Waals surface area contributed by atoms with Gasteiger partial charge >= 0.3 is 0 Å². The van der Waals surface area contributed by atoms with E-state index in [2.05, 4.69) is 0 Å². The van der Waals surface area contributed by atoms with E-state index in [1.165, 1.54) is 4.90 Å². The lowest BCUT2D eigenvalue weighted by atomic mass is 9.95. The van der Waals surface area contributed by atoms with Gasteiger partial charge < -0.3 is 9.84 Å². The number of hydrogen-bond acceptors (Lipinski definition) is 4. The monoisotopic (exact) mass is 447 g/mol. The SMILES string of the molecule is CCOc1ccc([C@@H]2/C(=C(\O)c3ccccc3)C(=O)C(=O)N2c2ccc(C)c(Cl)c2)cc1. The molecule has 0 aromatic heterocycles. The first-order valence-electron chi connectivity index (χ1n) is 10.3. The lowest BCUT2D eigenvalue weighted by Crippen LogP contribution is -2.29. The summed E-state index contributed by atoms with van der Waals surface area (Å²) in [7, 11) is 0. The van der Waals surface area contributed by atoms with Crippen molar-refractivity contribution >= 4 is 34.7 Å². The van der Waals surface area contributed by atoms with Crippen LogP contribution in [0.3, 0.4) is 0 Å². The molecule has 162 valence electrons. The molecule has 0 bridgehead atoms. The van der Waals surface area contributed by atoms with Crippen molar-refractivity contribution in [2.75, 3.05) is 11.5 Å². The summed E-state index contributed by atoms with van der Waals surface area (Å²) in [5, 5.41) is 11.6. The summed E-state index contributed by atoms with van der Waals surface area (Å²) in [6.07, 6.45) is 0. The minimum atomic E-state index is -0.815. The molecule has 1 atom stereocenters. The molecule has 0 aliphatic carbocycles. The third-order valence-corrected chi connectivity index (χ3v) is 5.84. The van der Waals surface area contributed by atoms with E-state index in [0.29, 0.717) is 34.2 Å². The summed E-state index contributed by atoms with van der Waals surface area (Å²) >= 11 is 6.32. The molecule has 3 aromatic carbocycles. The third-order valence-electron chi connectivity index (χ3n) is 5.43. The van der Waals surface area contributed by atoms with Crippen LogP contribution in [0.4, 0.5) is 5.69 Å². The van der Waals surface area contributed by atoms with Crippen LogP contribution >= 0.6 is 11.6 Å². The molecule has 1 amide bonds. The summed E-state index contributed by atoms with van der Waals surface area (Å²) in [4.78, 5) is 27.7. The molecular weight excluding hydrogens is 426 g/mol. The number of rotatable bonds is 5. The first-order valence-corrected chi connectivity index (χ1v) is 10.7. The molecule has 1 heterocycles. The highest BCUT2D eigenvalue weighted by Gasteiger charge is 2.47. The highest BCUT2D eigenvalue weighted by Crippen LogP contribution is 2.43. The topological polar surface area (TPSA) is 66.8 Å². The maximum absolute atomic E-state index is 13.2. The highest BCUT2D eigenvalue weighted by atomic mass is 35.5. The summed E-state index contributed by atoms with van der Waals surface area (Å²) in [5.41, 5.74) is 2.50. The summed E-state index contributed by atoms with van der Waals surface area (Å²) < 4.78 is 5.52. The minimum Gasteiger partial charge on any atom is -0.507 e. The maximum Gasteiger partial charge on any atom is 0.300 e. The number of carbonyl (C=O) groups excluding carboxylic acids is 2. The average molecular weight is 448 g/mol. The molecule has 6 heteroatoms. The number of amides is 1. The van der Waals surface area contributed by atoms with Gasteiger partial charge in [0.1, 0.15) is 11.5 Å². The highest BCUT2D eigenvalue weighted by molar-refractivity contribution is 6.51. The second-order valence-electron chi connectivity index (χ2n) is 7.47. The Kier molecular flexibility index (Phi) is 6.01. The Labute approximate surface area is 191 Å². The van der Waals surface area contributed by atoms with E-state index in [4.69, 9.17) is 16.3 Å². The number of Topliss-reactive ketones (excluding diaryl/α,β-unsaturated/α-hetero) is 1. The fourth-order valence-electron chi connectivity index (χ4n) is 3.81. The molecule has 1 N–H and O–H groups in total. The van der Waals surface area contributed by atoms with Crippen molar-refractivity contribution in [2.24, 2.45) is 0 Å². The number of anilines is 1. The van der Waals surface area contributed by atoms with Crippen LogP contribution in [0, 0.1) is 6.92 Å². The summed E-state index contributed by atoms with van der Waals surface area (Å²) in [5.74, 6) is -1.01. The van der Waals surface area contributed by atoms with E-state index in [0.717, 1.165) is 5.56 Å². The van der Waals surface area contributed by atoms with Crippen molar-refractivity contribution in [3.63, 3.8) is 0 Å². The van der Waals surface area contributed by atoms with Crippen molar-refractivity contribution < 1.29 is 19.4 Å². The standard InChI is InChI=1S/C26H22ClNO4/c1-3-32-20-13-10-17(11-14-20)23-22(24(29)18-7-5-4-6-8-18)25(30)26(31)28(23)19-12-9-16(2)21(27)15-19/h4-15,23,29H,3H2,1-2H3/b24-22+/t23-/m1/s1. The first-order chi connectivity index (χ1) is 15.4. The number of benzene rings is 3. The molecule has 1 saturated heterocycles. The Bertz CT molecular complexity index is 1200. The fourth-order valence-corrected chi connectivity index (χ4v) is 3.99. The minimum absolute atomic E-state index is 0.0297. The van der Waals surface area contributed by atoms with Gasteiger partial charge in [-0.3, -0.25) is 14.5 Å². The van der Waals surface area contributed by atoms with Gasteiger partial charge in [0.2, 0.25) is 0 Å². The number of aryl methyl sites for hydroxylation is 1. The van der Waals surface area contributed by atoms with Crippen molar-refractivity contribution in [1.82, 2.24) is 0 Å². The van der Waals surface area contributed by atoms with Gasteiger partial charge in [-0.25, -0.2) is 0 Å². The van der Waals surface area contributed by atoms with Crippen LogP contribution in [-0.4, -0.2) is 23.4 Å². The van der Waals surface area contributed by atoms with Gasteiger partial charge in [0.25, 0.3) is 11.7 Å². The number of ketones is 1. The van der Waals surface area contributed by atoms with E-state index in [1.54, 1.807) is 66.7 Å². The van der Waals surface area contributed by atoms with Crippen LogP contribution in [-0.2, 0) is 9.59 Å². The van der Waals surface area contributed by atoms with Gasteiger partial charge in [0.05, 0.1) is 18.2 Å². The number of hydrogen-bond donors (Lipinski definition) is 1. The van der Waals surface area contributed by atoms with Crippen LogP contribution in [0.25, 0.3) is 5.76 Å². The number of halogens is 1. The Morgan fingerprint density at radius 2 is 1.72 bits per heavy atom. The van der Waals surface area contributed by atoms with Crippen LogP contribution in [0.2, 0.25) is 5.02 Å². The zero-order valence-electron chi connectivity index (χ0n) is 17.7. The fraction of sp³-hybridized carbons (Fsp3) is 0.154. The molecule has 1 fully saturated rings. The van der Waals surface area contributed by atoms with E-state index in [9.17, 15) is 14.7 Å². The predicted octanol–water partition coefficient (Wildman–Crippen LogP) is 5.67. The van der Waals surface area contributed by atoms with Gasteiger partial charge in [-0.1, -0.05) is 60.1 Å². The van der Waals surface area contributed by atoms with Crippen molar-refractivity contribution in [3.05, 3.63) is 100 Å². The third kappa shape index (κ3) is 3.87. The summed E-state index contributed by atoms with van der Waals surface area (Å²) in [6, 6.07) is 20.3. The zero-order valence-corrected chi connectivity index (χ0v) is 18.5. The van der Waals surface area contributed by atoms with Gasteiger partial charge in [0.15, 0.2) is 0 Å². The first kappa shape index (κ1) is 21.7. The lowest BCUT2D eigenvalue weighted by molar-refractivity contribution is -0.132. The summed E-state index contributed by atoms with van der Waals surface area (Å²) in [6.45, 7) is 4.27. The van der Waals surface area contributed by atoms with Crippen LogP contribution < -0.4 is 9.64 Å². The number of aliphatic hydroxyl groups is 1. The van der Waals surface area contributed by atoms with Crippen molar-refractivity contribution in [3.8, 4) is 5.75 Å². The normalized spacial score (nSPS) is 17.6. The molecule has 0 unspecified atom stereocenters. The van der Waals surface area contributed by atoms with Crippen LogP contribution in [0.1, 0.15) is 29.7 Å². The molecule has 3 aromatic rings. The molecule has 1 aliphatic heterocycles. The maximum atomic E-state index is 13.2. The Morgan fingerprint density at radius 1 is 1.03 bits per heavy atom. The lowest BCUT2D eigenvalue weighted by Gasteiger charge is -2.26. The molecule has 32 heavy (non-hydrogen) atoms. The largest absolute Gasteiger partial charge is 0.507 e. The Balaban J connectivity index is 1.91. The molecule has 0 spiro atoms. The zero-order chi connectivity index (χ0) is 22.8. The average Bonchev–Trinajstić information content (AvgIpc) is 3.07. The van der Waals surface area contributed by atoms with E-state index < -0.39 is 17.7 Å². The predicted molar refractivity (Wildman–Crippen MR) is 125 cm³/mol. The van der Waals surface area contributed by atoms with Gasteiger partial charge in [-0.2, -0.15) is 0 Å². The van der Waals surface area contributed by atoms with Crippen molar-refractivity contribution in [2.45, 2.75) is 19.9 Å². The van der Waals surface area contributed by atoms with Crippen LogP contribution in [0.5, 0.6) is 5.75 Å². The molecular formula is C26H22ClNO4. The van der Waals surface area contributed by atoms with Crippen LogP contribution in [0.15, 0.2) is 78.4 Å². The Hall–Kier alpha value is -3.57.